The molecule has 102 valence electrons. The number of fused-ring (bicyclic) bond motifs is 1. The summed E-state index contributed by atoms with van der Waals surface area (Å²) in [5, 5.41) is 2.98. The Bertz CT molecular complexity index is 818. The number of hydrogen-bond acceptors (Lipinski definition) is 6. The second-order valence-corrected chi connectivity index (χ2v) is 7.28. The summed E-state index contributed by atoms with van der Waals surface area (Å²) in [6.07, 6.45) is 0. The number of Topliss-reactive ketones (excluding diaryl/α,β-unsaturated/α-hetero) is 1. The van der Waals surface area contributed by atoms with Crippen LogP contribution in [-0.2, 0) is 0 Å². The molecule has 0 saturated heterocycles. The van der Waals surface area contributed by atoms with Crippen molar-refractivity contribution in [3.8, 4) is 0 Å². The van der Waals surface area contributed by atoms with Crippen LogP contribution in [0.2, 0.25) is 0 Å². The Morgan fingerprint density at radius 3 is 3.10 bits per heavy atom. The molecular weight excluding hydrogens is 312 g/mol. The van der Waals surface area contributed by atoms with Gasteiger partial charge in [-0.2, -0.15) is 0 Å². The van der Waals surface area contributed by atoms with Gasteiger partial charge in [-0.25, -0.2) is 4.98 Å². The minimum Gasteiger partial charge on any atom is -0.301 e. The molecule has 0 aliphatic rings. The summed E-state index contributed by atoms with van der Waals surface area (Å²) in [5.74, 6) is 0.328. The van der Waals surface area contributed by atoms with Crippen molar-refractivity contribution in [1.82, 2.24) is 9.97 Å². The number of aryl methyl sites for hydroxylation is 1. The number of thiophene rings is 2. The van der Waals surface area contributed by atoms with Crippen LogP contribution in [0, 0.1) is 6.92 Å². The van der Waals surface area contributed by atoms with Crippen LogP contribution in [0.15, 0.2) is 33.5 Å². The lowest BCUT2D eigenvalue weighted by Gasteiger charge is -1.99. The third kappa shape index (κ3) is 2.70. The lowest BCUT2D eigenvalue weighted by atomic mass is 10.4. The first-order valence-electron chi connectivity index (χ1n) is 5.83. The Labute approximate surface area is 126 Å². The zero-order chi connectivity index (χ0) is 14.1. The lowest BCUT2D eigenvalue weighted by molar-refractivity contribution is 0.102. The number of ketones is 1. The number of hydrogen-bond donors (Lipinski definition) is 1. The van der Waals surface area contributed by atoms with Crippen molar-refractivity contribution < 1.29 is 4.79 Å². The Balaban J connectivity index is 1.81. The molecule has 4 nitrogen and oxygen atoms in total. The van der Waals surface area contributed by atoms with Gasteiger partial charge in [-0.1, -0.05) is 17.8 Å². The maximum atomic E-state index is 11.9. The first-order chi connectivity index (χ1) is 9.63. The van der Waals surface area contributed by atoms with E-state index in [4.69, 9.17) is 0 Å². The molecule has 0 unspecified atom stereocenters. The van der Waals surface area contributed by atoms with Gasteiger partial charge in [-0.05, 0) is 24.4 Å². The molecule has 0 radical (unpaired) electrons. The molecule has 0 bridgehead atoms. The van der Waals surface area contributed by atoms with Crippen LogP contribution in [0.5, 0.6) is 0 Å². The number of aromatic amines is 1. The van der Waals surface area contributed by atoms with Gasteiger partial charge < -0.3 is 4.98 Å². The van der Waals surface area contributed by atoms with Crippen LogP contribution < -0.4 is 5.56 Å². The molecule has 0 fully saturated rings. The second-order valence-electron chi connectivity index (χ2n) is 4.14. The van der Waals surface area contributed by atoms with E-state index < -0.39 is 0 Å². The van der Waals surface area contributed by atoms with Gasteiger partial charge in [-0.15, -0.1) is 22.7 Å². The van der Waals surface area contributed by atoms with Crippen LogP contribution in [0.4, 0.5) is 0 Å². The first kappa shape index (κ1) is 13.5. The molecule has 20 heavy (non-hydrogen) atoms. The van der Waals surface area contributed by atoms with Crippen LogP contribution in [0.25, 0.3) is 10.2 Å². The number of carbonyl (C=O) groups excluding carboxylic acids is 1. The first-order valence-corrected chi connectivity index (χ1v) is 8.51. The molecule has 0 aliphatic carbocycles. The van der Waals surface area contributed by atoms with Crippen LogP contribution >= 0.6 is 34.4 Å². The highest BCUT2D eigenvalue weighted by molar-refractivity contribution is 7.99. The molecule has 0 aliphatic heterocycles. The molecule has 0 atom stereocenters. The van der Waals surface area contributed by atoms with E-state index in [1.54, 1.807) is 6.07 Å². The molecule has 0 saturated carbocycles. The number of rotatable bonds is 4. The molecule has 0 amide bonds. The van der Waals surface area contributed by atoms with Crippen molar-refractivity contribution in [3.63, 3.8) is 0 Å². The molecule has 0 aromatic carbocycles. The summed E-state index contributed by atoms with van der Waals surface area (Å²) < 4.78 is 0. The van der Waals surface area contributed by atoms with Gasteiger partial charge >= 0.3 is 0 Å². The smallest absolute Gasteiger partial charge is 0.260 e. The number of thioether (sulfide) groups is 1. The molecule has 3 rings (SSSR count). The van der Waals surface area contributed by atoms with Crippen LogP contribution in [0.1, 0.15) is 14.5 Å². The zero-order valence-electron chi connectivity index (χ0n) is 10.5. The summed E-state index contributed by atoms with van der Waals surface area (Å²) in [6, 6.07) is 5.48. The van der Waals surface area contributed by atoms with Crippen LogP contribution in [-0.4, -0.2) is 21.5 Å². The fourth-order valence-corrected chi connectivity index (χ4v) is 4.18. The molecule has 3 aromatic rings. The minimum absolute atomic E-state index is 0.0510. The average Bonchev–Trinajstić information content (AvgIpc) is 3.04. The lowest BCUT2D eigenvalue weighted by Crippen LogP contribution is -2.09. The van der Waals surface area contributed by atoms with E-state index in [1.807, 2.05) is 24.4 Å². The molecular formula is C13H10N2O2S3. The standard InChI is InChI=1S/C13H10N2O2S3/c1-7-5-8-11(17)14-13(15-12(8)20-7)19-6-9(16)10-3-2-4-18-10/h2-5H,6H2,1H3,(H,14,15,17). The Morgan fingerprint density at radius 1 is 1.50 bits per heavy atom. The number of nitrogens with one attached hydrogen (secondary N) is 1. The Hall–Kier alpha value is -1.44. The molecule has 3 heterocycles. The van der Waals surface area contributed by atoms with Crippen LogP contribution in [0.3, 0.4) is 0 Å². The van der Waals surface area contributed by atoms with E-state index in [-0.39, 0.29) is 17.1 Å². The summed E-state index contributed by atoms with van der Waals surface area (Å²) >= 11 is 4.17. The van der Waals surface area contributed by atoms with E-state index in [1.165, 1.54) is 34.4 Å². The Morgan fingerprint density at radius 2 is 2.35 bits per heavy atom. The van der Waals surface area contributed by atoms with Gasteiger partial charge in [0.2, 0.25) is 0 Å². The predicted molar refractivity (Wildman–Crippen MR) is 84.4 cm³/mol. The quantitative estimate of drug-likeness (QED) is 0.455. The van der Waals surface area contributed by atoms with Gasteiger partial charge in [0.1, 0.15) is 4.83 Å². The zero-order valence-corrected chi connectivity index (χ0v) is 13.0. The summed E-state index contributed by atoms with van der Waals surface area (Å²) in [6.45, 7) is 1.94. The van der Waals surface area contributed by atoms with Crippen molar-refractivity contribution in [1.29, 1.82) is 0 Å². The van der Waals surface area contributed by atoms with E-state index in [9.17, 15) is 9.59 Å². The molecule has 0 spiro atoms. The number of carbonyl (C=O) groups is 1. The van der Waals surface area contributed by atoms with E-state index in [0.29, 0.717) is 10.5 Å². The van der Waals surface area contributed by atoms with Gasteiger partial charge in [-0.3, -0.25) is 9.59 Å². The molecule has 1 N–H and O–H groups in total. The van der Waals surface area contributed by atoms with Gasteiger partial charge in [0.25, 0.3) is 5.56 Å². The number of aromatic nitrogens is 2. The van der Waals surface area contributed by atoms with Crippen molar-refractivity contribution in [2.24, 2.45) is 0 Å². The molecule has 7 heteroatoms. The number of H-pyrrole nitrogens is 1. The average molecular weight is 322 g/mol. The van der Waals surface area contributed by atoms with E-state index in [2.05, 4.69) is 9.97 Å². The maximum absolute atomic E-state index is 11.9. The van der Waals surface area contributed by atoms with Crippen molar-refractivity contribution >= 4 is 50.4 Å². The topological polar surface area (TPSA) is 62.8 Å². The fourth-order valence-electron chi connectivity index (χ4n) is 1.74. The van der Waals surface area contributed by atoms with Crippen molar-refractivity contribution in [3.05, 3.63) is 43.7 Å². The van der Waals surface area contributed by atoms with E-state index >= 15 is 0 Å². The highest BCUT2D eigenvalue weighted by Gasteiger charge is 2.11. The van der Waals surface area contributed by atoms with Crippen molar-refractivity contribution in [2.75, 3.05) is 5.75 Å². The monoisotopic (exact) mass is 322 g/mol. The summed E-state index contributed by atoms with van der Waals surface area (Å²) in [7, 11) is 0. The fraction of sp³-hybridized carbons (Fsp3) is 0.154. The summed E-state index contributed by atoms with van der Waals surface area (Å²) in [5.41, 5.74) is -0.148. The second kappa shape index (κ2) is 5.51. The van der Waals surface area contributed by atoms with Gasteiger partial charge in [0.15, 0.2) is 10.9 Å². The number of nitrogens with zero attached hydrogens (tertiary/aromatic N) is 1. The highest BCUT2D eigenvalue weighted by Crippen LogP contribution is 2.23. The van der Waals surface area contributed by atoms with Gasteiger partial charge in [0, 0.05) is 4.88 Å². The predicted octanol–water partition coefficient (Wildman–Crippen LogP) is 3.33. The SMILES string of the molecule is Cc1cc2c(=O)[nH]c(SCC(=O)c3cccs3)nc2s1. The summed E-state index contributed by atoms with van der Waals surface area (Å²) in [4.78, 5) is 33.4. The molecule has 3 aromatic heterocycles. The Kier molecular flexibility index (Phi) is 3.73. The maximum Gasteiger partial charge on any atom is 0.260 e. The van der Waals surface area contributed by atoms with Gasteiger partial charge in [0.05, 0.1) is 16.0 Å². The van der Waals surface area contributed by atoms with E-state index in [0.717, 1.165) is 14.6 Å². The third-order valence-electron chi connectivity index (χ3n) is 2.64. The largest absolute Gasteiger partial charge is 0.301 e. The highest BCUT2D eigenvalue weighted by atomic mass is 32.2. The minimum atomic E-state index is -0.148. The normalized spacial score (nSPS) is 11.1. The third-order valence-corrected chi connectivity index (χ3v) is 5.37. The van der Waals surface area contributed by atoms with Crippen molar-refractivity contribution in [2.45, 2.75) is 12.1 Å².